The Labute approximate surface area is 235 Å². The van der Waals surface area contributed by atoms with Crippen LogP contribution in [0.3, 0.4) is 0 Å². The van der Waals surface area contributed by atoms with Crippen LogP contribution in [0.5, 0.6) is 5.75 Å². The van der Waals surface area contributed by atoms with Crippen molar-refractivity contribution in [3.8, 4) is 5.75 Å². The van der Waals surface area contributed by atoms with Crippen LogP contribution in [-0.4, -0.2) is 76.7 Å². The van der Waals surface area contributed by atoms with Crippen molar-refractivity contribution in [2.75, 3.05) is 38.3 Å². The van der Waals surface area contributed by atoms with Crippen molar-refractivity contribution < 1.29 is 29.0 Å². The maximum absolute atomic E-state index is 14.5. The molecule has 0 radical (unpaired) electrons. The fourth-order valence-electron chi connectivity index (χ4n) is 6.55. The van der Waals surface area contributed by atoms with Crippen LogP contribution in [0.25, 0.3) is 0 Å². The van der Waals surface area contributed by atoms with Gasteiger partial charge in [0.15, 0.2) is 0 Å². The molecule has 1 aromatic rings. The van der Waals surface area contributed by atoms with E-state index in [4.69, 9.17) is 9.47 Å². The SMILES string of the molecule is C=CCCCOC(=O)[C@@H]1[C@H]2C(=O)N(CCCCO)C(C(=O)N(CC=C)c3ccc(OC)cc3)C23CC[C@@]1(C)S3. The van der Waals surface area contributed by atoms with E-state index >= 15 is 0 Å². The normalized spacial score (nSPS) is 28.7. The Hall–Kier alpha value is -2.78. The number of benzene rings is 1. The molecule has 2 bridgehead atoms. The average molecular weight is 557 g/mol. The molecular formula is C30H40N2O6S. The van der Waals surface area contributed by atoms with Crippen molar-refractivity contribution in [1.29, 1.82) is 0 Å². The van der Waals surface area contributed by atoms with Gasteiger partial charge in [-0.3, -0.25) is 14.4 Å². The van der Waals surface area contributed by atoms with Crippen molar-refractivity contribution in [2.45, 2.75) is 61.0 Å². The Morgan fingerprint density at radius 3 is 2.56 bits per heavy atom. The monoisotopic (exact) mass is 556 g/mol. The number of amides is 2. The van der Waals surface area contributed by atoms with E-state index < -0.39 is 27.4 Å². The molecule has 4 rings (SSSR count). The van der Waals surface area contributed by atoms with Gasteiger partial charge in [-0.1, -0.05) is 12.2 Å². The fourth-order valence-corrected chi connectivity index (χ4v) is 8.89. The molecule has 1 aromatic carbocycles. The summed E-state index contributed by atoms with van der Waals surface area (Å²) < 4.78 is 9.77. The third-order valence-corrected chi connectivity index (χ3v) is 10.3. The standard InChI is InChI=1S/C30H40N2O6S/c1-5-7-10-20-38-28(36)24-23-26(34)32(18-8-9-19-33)25(30(23)16-15-29(24,3)39-30)27(35)31(17-6-2)21-11-13-22(37-4)14-12-21/h5-6,11-14,23-25,33H,1-2,7-10,15-20H2,3-4H3/t23-,24-,25?,29+,30?/m0/s1. The summed E-state index contributed by atoms with van der Waals surface area (Å²) >= 11 is 1.63. The van der Waals surface area contributed by atoms with Crippen LogP contribution in [0.2, 0.25) is 0 Å². The zero-order chi connectivity index (χ0) is 28.2. The number of nitrogens with zero attached hydrogens (tertiary/aromatic N) is 2. The quantitative estimate of drug-likeness (QED) is 0.210. The summed E-state index contributed by atoms with van der Waals surface area (Å²) in [7, 11) is 1.59. The molecule has 8 nitrogen and oxygen atoms in total. The number of carbonyl (C=O) groups excluding carboxylic acids is 3. The summed E-state index contributed by atoms with van der Waals surface area (Å²) in [6.07, 6.45) is 7.38. The molecule has 1 spiro atoms. The topological polar surface area (TPSA) is 96.4 Å². The average Bonchev–Trinajstić information content (AvgIpc) is 3.50. The van der Waals surface area contributed by atoms with Crippen molar-refractivity contribution in [1.82, 2.24) is 4.90 Å². The minimum absolute atomic E-state index is 0.0101. The van der Waals surface area contributed by atoms with E-state index in [9.17, 15) is 19.5 Å². The minimum Gasteiger partial charge on any atom is -0.497 e. The number of thioether (sulfide) groups is 1. The molecule has 5 atom stereocenters. The van der Waals surface area contributed by atoms with E-state index in [0.29, 0.717) is 43.7 Å². The Morgan fingerprint density at radius 1 is 1.18 bits per heavy atom. The van der Waals surface area contributed by atoms with Crippen LogP contribution >= 0.6 is 11.8 Å². The number of aliphatic hydroxyl groups is 1. The second kappa shape index (κ2) is 12.2. The highest BCUT2D eigenvalue weighted by molar-refractivity contribution is 8.02. The first-order valence-corrected chi connectivity index (χ1v) is 14.5. The molecule has 3 aliphatic heterocycles. The summed E-state index contributed by atoms with van der Waals surface area (Å²) in [4.78, 5) is 45.4. The highest BCUT2D eigenvalue weighted by atomic mass is 32.2. The maximum Gasteiger partial charge on any atom is 0.311 e. The van der Waals surface area contributed by atoms with Gasteiger partial charge in [-0.05, 0) is 69.7 Å². The number of hydrogen-bond acceptors (Lipinski definition) is 7. The number of ether oxygens (including phenoxy) is 2. The Kier molecular flexibility index (Phi) is 9.11. The van der Waals surface area contributed by atoms with Gasteiger partial charge < -0.3 is 24.4 Å². The Balaban J connectivity index is 1.71. The summed E-state index contributed by atoms with van der Waals surface area (Å²) in [6.45, 7) is 10.5. The molecule has 212 valence electrons. The molecule has 9 heteroatoms. The van der Waals surface area contributed by atoms with E-state index in [1.807, 2.05) is 19.1 Å². The second-order valence-corrected chi connectivity index (χ2v) is 12.6. The van der Waals surface area contributed by atoms with Gasteiger partial charge in [0.05, 0.1) is 30.3 Å². The Morgan fingerprint density at radius 2 is 1.92 bits per heavy atom. The number of anilines is 1. The molecule has 3 aliphatic rings. The molecule has 0 saturated carbocycles. The van der Waals surface area contributed by atoms with Gasteiger partial charge in [0.1, 0.15) is 11.8 Å². The predicted molar refractivity (Wildman–Crippen MR) is 153 cm³/mol. The fraction of sp³-hybridized carbons (Fsp3) is 0.567. The first-order valence-electron chi connectivity index (χ1n) is 13.7. The lowest BCUT2D eigenvalue weighted by Gasteiger charge is -2.37. The number of unbranched alkanes of at least 4 members (excludes halogenated alkanes) is 2. The van der Waals surface area contributed by atoms with Gasteiger partial charge in [0.25, 0.3) is 5.91 Å². The molecule has 1 N–H and O–H groups in total. The van der Waals surface area contributed by atoms with Crippen LogP contribution in [0.4, 0.5) is 5.69 Å². The number of aliphatic hydroxyl groups excluding tert-OH is 1. The van der Waals surface area contributed by atoms with Gasteiger partial charge in [-0.15, -0.1) is 24.9 Å². The molecule has 0 aliphatic carbocycles. The predicted octanol–water partition coefficient (Wildman–Crippen LogP) is 3.98. The molecule has 0 aromatic heterocycles. The molecule has 39 heavy (non-hydrogen) atoms. The molecule has 3 heterocycles. The van der Waals surface area contributed by atoms with Gasteiger partial charge >= 0.3 is 5.97 Å². The van der Waals surface area contributed by atoms with E-state index in [-0.39, 0.29) is 37.5 Å². The number of rotatable bonds is 14. The van der Waals surface area contributed by atoms with Crippen molar-refractivity contribution in [2.24, 2.45) is 11.8 Å². The van der Waals surface area contributed by atoms with Crippen LogP contribution < -0.4 is 9.64 Å². The number of hydrogen-bond donors (Lipinski definition) is 1. The summed E-state index contributed by atoms with van der Waals surface area (Å²) in [6, 6.07) is 6.52. The summed E-state index contributed by atoms with van der Waals surface area (Å²) in [5.41, 5.74) is 0.685. The lowest BCUT2D eigenvalue weighted by Crippen LogP contribution is -2.55. The first-order chi connectivity index (χ1) is 18.8. The number of carbonyl (C=O) groups is 3. The zero-order valence-electron chi connectivity index (χ0n) is 23.0. The second-order valence-electron chi connectivity index (χ2n) is 10.7. The van der Waals surface area contributed by atoms with Gasteiger partial charge in [-0.25, -0.2) is 0 Å². The lowest BCUT2D eigenvalue weighted by atomic mass is 9.66. The largest absolute Gasteiger partial charge is 0.497 e. The van der Waals surface area contributed by atoms with Gasteiger partial charge in [0, 0.05) is 30.1 Å². The van der Waals surface area contributed by atoms with Crippen LogP contribution in [0.1, 0.15) is 45.4 Å². The summed E-state index contributed by atoms with van der Waals surface area (Å²) in [5.74, 6) is -1.26. The van der Waals surface area contributed by atoms with Gasteiger partial charge in [0.2, 0.25) is 5.91 Å². The van der Waals surface area contributed by atoms with E-state index in [0.717, 1.165) is 12.8 Å². The third-order valence-electron chi connectivity index (χ3n) is 8.33. The van der Waals surface area contributed by atoms with Crippen LogP contribution in [0.15, 0.2) is 49.6 Å². The number of fused-ring (bicyclic) bond motifs is 1. The van der Waals surface area contributed by atoms with Crippen molar-refractivity contribution in [3.05, 3.63) is 49.6 Å². The molecular weight excluding hydrogens is 516 g/mol. The highest BCUT2D eigenvalue weighted by Gasteiger charge is 2.77. The minimum atomic E-state index is -0.735. The lowest BCUT2D eigenvalue weighted by molar-refractivity contribution is -0.155. The van der Waals surface area contributed by atoms with Crippen LogP contribution in [-0.2, 0) is 19.1 Å². The number of esters is 1. The number of methoxy groups -OCH3 is 1. The highest BCUT2D eigenvalue weighted by Crippen LogP contribution is 2.71. The van der Waals surface area contributed by atoms with Crippen molar-refractivity contribution >= 4 is 35.2 Å². The molecule has 3 saturated heterocycles. The van der Waals surface area contributed by atoms with E-state index in [1.165, 1.54) is 0 Å². The maximum atomic E-state index is 14.5. The molecule has 2 unspecified atom stereocenters. The molecule has 3 fully saturated rings. The van der Waals surface area contributed by atoms with E-state index in [1.54, 1.807) is 53.0 Å². The molecule has 2 amide bonds. The van der Waals surface area contributed by atoms with Crippen molar-refractivity contribution in [3.63, 3.8) is 0 Å². The Bertz CT molecular complexity index is 1090. The number of likely N-dealkylation sites (tertiary alicyclic amines) is 1. The zero-order valence-corrected chi connectivity index (χ0v) is 23.8. The first kappa shape index (κ1) is 29.2. The number of allylic oxidation sites excluding steroid dienone is 1. The smallest absolute Gasteiger partial charge is 0.311 e. The third kappa shape index (κ3) is 5.23. The van der Waals surface area contributed by atoms with Crippen LogP contribution in [0, 0.1) is 11.8 Å². The van der Waals surface area contributed by atoms with Gasteiger partial charge in [-0.2, -0.15) is 0 Å². The summed E-state index contributed by atoms with van der Waals surface area (Å²) in [5, 5.41) is 9.39. The van der Waals surface area contributed by atoms with E-state index in [2.05, 4.69) is 13.2 Å².